The van der Waals surface area contributed by atoms with Crippen molar-refractivity contribution in [3.8, 4) is 11.8 Å². The standard InChI is InChI=1S/C15H20N2O/c1-15(2)8-4-7-14(15)17-12-5-3-6-13(11-12)18-10-9-16/h3,5-6,11,14,17H,4,7-8,10H2,1-2H3. The van der Waals surface area contributed by atoms with Crippen molar-refractivity contribution >= 4 is 5.69 Å². The van der Waals surface area contributed by atoms with E-state index in [2.05, 4.69) is 19.2 Å². The van der Waals surface area contributed by atoms with Crippen LogP contribution in [0.3, 0.4) is 0 Å². The second-order valence-electron chi connectivity index (χ2n) is 5.55. The molecular formula is C15H20N2O. The van der Waals surface area contributed by atoms with Gasteiger partial charge in [0.1, 0.15) is 11.8 Å². The Labute approximate surface area is 109 Å². The summed E-state index contributed by atoms with van der Waals surface area (Å²) < 4.78 is 5.31. The van der Waals surface area contributed by atoms with E-state index >= 15 is 0 Å². The van der Waals surface area contributed by atoms with Gasteiger partial charge in [-0.25, -0.2) is 0 Å². The van der Waals surface area contributed by atoms with Gasteiger partial charge >= 0.3 is 0 Å². The van der Waals surface area contributed by atoms with Crippen molar-refractivity contribution in [3.63, 3.8) is 0 Å². The van der Waals surface area contributed by atoms with Crippen molar-refractivity contribution in [1.82, 2.24) is 0 Å². The summed E-state index contributed by atoms with van der Waals surface area (Å²) in [6, 6.07) is 10.3. The van der Waals surface area contributed by atoms with Gasteiger partial charge in [-0.15, -0.1) is 0 Å². The summed E-state index contributed by atoms with van der Waals surface area (Å²) in [6.07, 6.45) is 3.78. The second kappa shape index (κ2) is 5.30. The smallest absolute Gasteiger partial charge is 0.174 e. The van der Waals surface area contributed by atoms with Crippen LogP contribution in [0.25, 0.3) is 0 Å². The van der Waals surface area contributed by atoms with Crippen molar-refractivity contribution in [2.75, 3.05) is 11.9 Å². The van der Waals surface area contributed by atoms with E-state index in [0.717, 1.165) is 11.4 Å². The van der Waals surface area contributed by atoms with Gasteiger partial charge in [0.2, 0.25) is 0 Å². The minimum atomic E-state index is 0.0956. The van der Waals surface area contributed by atoms with E-state index in [0.29, 0.717) is 11.5 Å². The monoisotopic (exact) mass is 244 g/mol. The van der Waals surface area contributed by atoms with E-state index in [9.17, 15) is 0 Å². The number of hydrogen-bond donors (Lipinski definition) is 1. The molecule has 0 radical (unpaired) electrons. The fourth-order valence-electron chi connectivity index (χ4n) is 2.59. The highest BCUT2D eigenvalue weighted by atomic mass is 16.5. The number of benzene rings is 1. The molecule has 0 heterocycles. The molecule has 3 nitrogen and oxygen atoms in total. The van der Waals surface area contributed by atoms with Gasteiger partial charge < -0.3 is 10.1 Å². The summed E-state index contributed by atoms with van der Waals surface area (Å²) >= 11 is 0. The summed E-state index contributed by atoms with van der Waals surface area (Å²) in [5.41, 5.74) is 1.43. The molecule has 18 heavy (non-hydrogen) atoms. The molecule has 0 aliphatic heterocycles. The molecule has 1 fully saturated rings. The Morgan fingerprint density at radius 1 is 1.50 bits per heavy atom. The van der Waals surface area contributed by atoms with Gasteiger partial charge in [0.25, 0.3) is 0 Å². The normalized spacial score (nSPS) is 21.3. The second-order valence-corrected chi connectivity index (χ2v) is 5.55. The molecule has 1 aliphatic rings. The molecule has 0 spiro atoms. The van der Waals surface area contributed by atoms with E-state index in [1.807, 2.05) is 30.3 Å². The number of nitriles is 1. The van der Waals surface area contributed by atoms with Crippen LogP contribution in [0.4, 0.5) is 5.69 Å². The highest BCUT2D eigenvalue weighted by Gasteiger charge is 2.34. The topological polar surface area (TPSA) is 45.0 Å². The molecule has 96 valence electrons. The number of nitrogens with one attached hydrogen (secondary N) is 1. The minimum Gasteiger partial charge on any atom is -0.479 e. The SMILES string of the molecule is CC1(C)CCCC1Nc1cccc(OCC#N)c1. The average molecular weight is 244 g/mol. The van der Waals surface area contributed by atoms with Crippen LogP contribution in [0.1, 0.15) is 33.1 Å². The van der Waals surface area contributed by atoms with Crippen molar-refractivity contribution in [2.45, 2.75) is 39.2 Å². The van der Waals surface area contributed by atoms with E-state index in [-0.39, 0.29) is 6.61 Å². The summed E-state index contributed by atoms with van der Waals surface area (Å²) in [4.78, 5) is 0. The Morgan fingerprint density at radius 2 is 2.33 bits per heavy atom. The quantitative estimate of drug-likeness (QED) is 0.880. The molecule has 0 aromatic heterocycles. The minimum absolute atomic E-state index is 0.0956. The zero-order chi connectivity index (χ0) is 13.0. The molecule has 0 saturated heterocycles. The molecule has 1 N–H and O–H groups in total. The molecule has 2 rings (SSSR count). The maximum absolute atomic E-state index is 8.50. The third-order valence-corrected chi connectivity index (χ3v) is 3.74. The fourth-order valence-corrected chi connectivity index (χ4v) is 2.59. The zero-order valence-corrected chi connectivity index (χ0v) is 11.1. The number of anilines is 1. The maximum Gasteiger partial charge on any atom is 0.174 e. The third kappa shape index (κ3) is 2.95. The van der Waals surface area contributed by atoms with Gasteiger partial charge in [0, 0.05) is 17.8 Å². The molecule has 1 aromatic rings. The molecule has 1 aromatic carbocycles. The number of rotatable bonds is 4. The van der Waals surface area contributed by atoms with Crippen LogP contribution in [0, 0.1) is 16.7 Å². The molecule has 1 aliphatic carbocycles. The summed E-state index contributed by atoms with van der Waals surface area (Å²) in [6.45, 7) is 4.72. The van der Waals surface area contributed by atoms with Crippen LogP contribution >= 0.6 is 0 Å². The lowest BCUT2D eigenvalue weighted by atomic mass is 9.87. The van der Waals surface area contributed by atoms with E-state index in [4.69, 9.17) is 10.00 Å². The van der Waals surface area contributed by atoms with Crippen LogP contribution in [-0.2, 0) is 0 Å². The lowest BCUT2D eigenvalue weighted by Gasteiger charge is -2.28. The van der Waals surface area contributed by atoms with Gasteiger partial charge in [-0.3, -0.25) is 0 Å². The Bertz CT molecular complexity index is 448. The van der Waals surface area contributed by atoms with Crippen LogP contribution in [0.5, 0.6) is 5.75 Å². The first-order valence-electron chi connectivity index (χ1n) is 6.48. The first-order valence-corrected chi connectivity index (χ1v) is 6.48. The van der Waals surface area contributed by atoms with Crippen LogP contribution < -0.4 is 10.1 Å². The van der Waals surface area contributed by atoms with Gasteiger partial charge in [0.15, 0.2) is 6.61 Å². The largest absolute Gasteiger partial charge is 0.479 e. The van der Waals surface area contributed by atoms with Crippen molar-refractivity contribution in [3.05, 3.63) is 24.3 Å². The van der Waals surface area contributed by atoms with Gasteiger partial charge in [0.05, 0.1) is 0 Å². The van der Waals surface area contributed by atoms with Crippen LogP contribution in [-0.4, -0.2) is 12.6 Å². The predicted octanol–water partition coefficient (Wildman–Crippen LogP) is 3.58. The van der Waals surface area contributed by atoms with E-state index in [1.165, 1.54) is 19.3 Å². The van der Waals surface area contributed by atoms with Crippen LogP contribution in [0.15, 0.2) is 24.3 Å². The van der Waals surface area contributed by atoms with Crippen molar-refractivity contribution in [1.29, 1.82) is 5.26 Å². The summed E-state index contributed by atoms with van der Waals surface area (Å²) in [5, 5.41) is 12.1. The number of nitrogens with zero attached hydrogens (tertiary/aromatic N) is 1. The van der Waals surface area contributed by atoms with Gasteiger partial charge in [-0.05, 0) is 30.4 Å². The highest BCUT2D eigenvalue weighted by Crippen LogP contribution is 2.39. The Morgan fingerprint density at radius 3 is 3.00 bits per heavy atom. The molecule has 1 saturated carbocycles. The summed E-state index contributed by atoms with van der Waals surface area (Å²) in [7, 11) is 0. The Hall–Kier alpha value is -1.69. The average Bonchev–Trinajstić information content (AvgIpc) is 2.67. The molecule has 0 bridgehead atoms. The molecule has 1 unspecified atom stereocenters. The zero-order valence-electron chi connectivity index (χ0n) is 11.1. The van der Waals surface area contributed by atoms with Gasteiger partial charge in [-0.1, -0.05) is 26.3 Å². The van der Waals surface area contributed by atoms with Crippen molar-refractivity contribution < 1.29 is 4.74 Å². The number of ether oxygens (including phenoxy) is 1. The Balaban J connectivity index is 2.03. The lowest BCUT2D eigenvalue weighted by Crippen LogP contribution is -2.30. The van der Waals surface area contributed by atoms with E-state index in [1.54, 1.807) is 0 Å². The molecule has 3 heteroatoms. The maximum atomic E-state index is 8.50. The third-order valence-electron chi connectivity index (χ3n) is 3.74. The van der Waals surface area contributed by atoms with Gasteiger partial charge in [-0.2, -0.15) is 5.26 Å². The first kappa shape index (κ1) is 12.8. The number of hydrogen-bond acceptors (Lipinski definition) is 3. The predicted molar refractivity (Wildman–Crippen MR) is 72.6 cm³/mol. The van der Waals surface area contributed by atoms with E-state index < -0.39 is 0 Å². The molecular weight excluding hydrogens is 224 g/mol. The van der Waals surface area contributed by atoms with Crippen molar-refractivity contribution in [2.24, 2.45) is 5.41 Å². The van der Waals surface area contributed by atoms with Crippen LogP contribution in [0.2, 0.25) is 0 Å². The lowest BCUT2D eigenvalue weighted by molar-refractivity contribution is 0.349. The first-order chi connectivity index (χ1) is 8.62. The fraction of sp³-hybridized carbons (Fsp3) is 0.533. The highest BCUT2D eigenvalue weighted by molar-refractivity contribution is 5.49. The Kier molecular flexibility index (Phi) is 3.76. The molecule has 0 amide bonds. The summed E-state index contributed by atoms with van der Waals surface area (Å²) in [5.74, 6) is 0.748. The molecule has 1 atom stereocenters.